The second-order valence-corrected chi connectivity index (χ2v) is 7.29. The highest BCUT2D eigenvalue weighted by Crippen LogP contribution is 2.25. The van der Waals surface area contributed by atoms with Crippen molar-refractivity contribution in [3.63, 3.8) is 0 Å². The number of aryl methyl sites for hydroxylation is 1. The van der Waals surface area contributed by atoms with Crippen molar-refractivity contribution in [1.29, 1.82) is 0 Å². The number of aromatic nitrogens is 2. The van der Waals surface area contributed by atoms with Crippen LogP contribution < -0.4 is 5.32 Å². The van der Waals surface area contributed by atoms with Crippen molar-refractivity contribution >= 4 is 29.2 Å². The van der Waals surface area contributed by atoms with E-state index in [9.17, 15) is 9.59 Å². The number of rotatable bonds is 2. The first-order valence-electron chi connectivity index (χ1n) is 9.27. The van der Waals surface area contributed by atoms with E-state index in [0.29, 0.717) is 62.2 Å². The van der Waals surface area contributed by atoms with Crippen molar-refractivity contribution < 1.29 is 14.3 Å². The summed E-state index contributed by atoms with van der Waals surface area (Å²) in [6.45, 7) is 3.07. The molecule has 148 valence electrons. The van der Waals surface area contributed by atoms with Crippen molar-refractivity contribution in [2.45, 2.75) is 13.0 Å². The monoisotopic (exact) mass is 403 g/mol. The Hall–Kier alpha value is -2.58. The summed E-state index contributed by atoms with van der Waals surface area (Å²) in [5.41, 5.74) is 2.81. The van der Waals surface area contributed by atoms with Gasteiger partial charge in [-0.05, 0) is 12.1 Å². The first-order valence-corrected chi connectivity index (χ1v) is 9.64. The minimum Gasteiger partial charge on any atom is -0.378 e. The molecule has 1 saturated heterocycles. The lowest BCUT2D eigenvalue weighted by Crippen LogP contribution is -2.42. The Morgan fingerprint density at radius 2 is 1.89 bits per heavy atom. The highest BCUT2D eigenvalue weighted by atomic mass is 35.5. The van der Waals surface area contributed by atoms with Crippen LogP contribution in [0.4, 0.5) is 10.5 Å². The number of fused-ring (bicyclic) bond motifs is 1. The van der Waals surface area contributed by atoms with E-state index < -0.39 is 0 Å². The van der Waals surface area contributed by atoms with Gasteiger partial charge in [0.1, 0.15) is 0 Å². The van der Waals surface area contributed by atoms with E-state index in [1.54, 1.807) is 26.6 Å². The van der Waals surface area contributed by atoms with Crippen LogP contribution in [0.1, 0.15) is 21.7 Å². The third kappa shape index (κ3) is 3.57. The molecule has 1 fully saturated rings. The summed E-state index contributed by atoms with van der Waals surface area (Å²) in [4.78, 5) is 29.1. The van der Waals surface area contributed by atoms with Crippen LogP contribution in [0.2, 0.25) is 5.02 Å². The van der Waals surface area contributed by atoms with Gasteiger partial charge >= 0.3 is 6.03 Å². The molecule has 0 radical (unpaired) electrons. The Morgan fingerprint density at radius 3 is 2.64 bits per heavy atom. The van der Waals surface area contributed by atoms with Gasteiger partial charge in [-0.2, -0.15) is 5.10 Å². The quantitative estimate of drug-likeness (QED) is 0.833. The molecule has 0 bridgehead atoms. The van der Waals surface area contributed by atoms with Crippen LogP contribution in [-0.2, 0) is 24.8 Å². The van der Waals surface area contributed by atoms with E-state index in [-0.39, 0.29) is 11.9 Å². The van der Waals surface area contributed by atoms with Gasteiger partial charge in [-0.15, -0.1) is 0 Å². The average Bonchev–Trinajstić information content (AvgIpc) is 3.06. The summed E-state index contributed by atoms with van der Waals surface area (Å²) in [6, 6.07) is 6.87. The van der Waals surface area contributed by atoms with Gasteiger partial charge in [-0.1, -0.05) is 23.7 Å². The minimum absolute atomic E-state index is 0.103. The number of ether oxygens (including phenoxy) is 1. The van der Waals surface area contributed by atoms with Crippen LogP contribution in [0.3, 0.4) is 0 Å². The molecule has 1 aromatic heterocycles. The number of anilines is 1. The maximum atomic E-state index is 13.0. The third-order valence-electron chi connectivity index (χ3n) is 5.15. The molecule has 2 aliphatic heterocycles. The van der Waals surface area contributed by atoms with Crippen LogP contribution >= 0.6 is 11.6 Å². The molecule has 0 spiro atoms. The molecular formula is C19H22ClN5O3. The number of hydrogen-bond acceptors (Lipinski definition) is 4. The standard InChI is InChI=1S/C19H22ClN5O3/c1-23-16-6-7-25(19(27)21-15-5-3-2-4-14(15)20)12-13(16)17(22-23)18(26)24-8-10-28-11-9-24/h2-5H,6-12H2,1H3,(H,21,27). The fourth-order valence-corrected chi connectivity index (χ4v) is 3.79. The van der Waals surface area contributed by atoms with E-state index in [0.717, 1.165) is 11.3 Å². The number of amides is 3. The Bertz CT molecular complexity index is 907. The largest absolute Gasteiger partial charge is 0.378 e. The molecule has 1 N–H and O–H groups in total. The Kier molecular flexibility index (Phi) is 5.23. The summed E-state index contributed by atoms with van der Waals surface area (Å²) < 4.78 is 7.08. The smallest absolute Gasteiger partial charge is 0.322 e. The maximum absolute atomic E-state index is 13.0. The van der Waals surface area contributed by atoms with Crippen molar-refractivity contribution in [2.24, 2.45) is 7.05 Å². The number of para-hydroxylation sites is 1. The van der Waals surface area contributed by atoms with Gasteiger partial charge in [0.2, 0.25) is 0 Å². The number of halogens is 1. The molecule has 28 heavy (non-hydrogen) atoms. The molecule has 0 atom stereocenters. The molecule has 1 aromatic carbocycles. The van der Waals surface area contributed by atoms with Gasteiger partial charge in [0.25, 0.3) is 5.91 Å². The second kappa shape index (κ2) is 7.81. The van der Waals surface area contributed by atoms with Crippen LogP contribution in [0.25, 0.3) is 0 Å². The lowest BCUT2D eigenvalue weighted by molar-refractivity contribution is 0.0297. The SMILES string of the molecule is Cn1nc(C(=O)N2CCOCC2)c2c1CCN(C(=O)Nc1ccccc1Cl)C2. The summed E-state index contributed by atoms with van der Waals surface area (Å²) in [7, 11) is 1.84. The first kappa shape index (κ1) is 18.8. The molecule has 3 amide bonds. The molecule has 8 nitrogen and oxygen atoms in total. The van der Waals surface area contributed by atoms with Gasteiger partial charge < -0.3 is 19.9 Å². The number of benzene rings is 1. The van der Waals surface area contributed by atoms with Gasteiger partial charge in [0, 0.05) is 44.4 Å². The second-order valence-electron chi connectivity index (χ2n) is 6.88. The number of morpholine rings is 1. The zero-order chi connectivity index (χ0) is 19.7. The molecule has 2 aromatic rings. The third-order valence-corrected chi connectivity index (χ3v) is 5.48. The van der Waals surface area contributed by atoms with Crippen molar-refractivity contribution in [3.05, 3.63) is 46.2 Å². The summed E-state index contributed by atoms with van der Waals surface area (Å²) in [6.07, 6.45) is 0.644. The predicted octanol–water partition coefficient (Wildman–Crippen LogP) is 2.14. The highest BCUT2D eigenvalue weighted by Gasteiger charge is 2.31. The topological polar surface area (TPSA) is 79.7 Å². The van der Waals surface area contributed by atoms with Crippen molar-refractivity contribution in [1.82, 2.24) is 19.6 Å². The van der Waals surface area contributed by atoms with E-state index in [4.69, 9.17) is 16.3 Å². The average molecular weight is 404 g/mol. The Morgan fingerprint density at radius 1 is 1.14 bits per heavy atom. The molecular weight excluding hydrogens is 382 g/mol. The molecule has 3 heterocycles. The first-order chi connectivity index (χ1) is 13.5. The minimum atomic E-state index is -0.243. The van der Waals surface area contributed by atoms with Gasteiger partial charge in [-0.3, -0.25) is 9.48 Å². The lowest BCUT2D eigenvalue weighted by atomic mass is 10.0. The summed E-state index contributed by atoms with van der Waals surface area (Å²) in [5, 5.41) is 7.79. The van der Waals surface area contributed by atoms with E-state index in [2.05, 4.69) is 10.4 Å². The van der Waals surface area contributed by atoms with Gasteiger partial charge in [0.15, 0.2) is 5.69 Å². The number of hydrogen-bond donors (Lipinski definition) is 1. The van der Waals surface area contributed by atoms with Crippen molar-refractivity contribution in [3.8, 4) is 0 Å². The number of nitrogens with one attached hydrogen (secondary N) is 1. The zero-order valence-electron chi connectivity index (χ0n) is 15.7. The maximum Gasteiger partial charge on any atom is 0.322 e. The number of urea groups is 1. The lowest BCUT2D eigenvalue weighted by Gasteiger charge is -2.29. The Labute approximate surface area is 168 Å². The Balaban J connectivity index is 1.53. The van der Waals surface area contributed by atoms with Crippen LogP contribution in [0.15, 0.2) is 24.3 Å². The van der Waals surface area contributed by atoms with E-state index in [1.807, 2.05) is 19.2 Å². The van der Waals surface area contributed by atoms with E-state index in [1.165, 1.54) is 0 Å². The highest BCUT2D eigenvalue weighted by molar-refractivity contribution is 6.33. The van der Waals surface area contributed by atoms with Crippen molar-refractivity contribution in [2.75, 3.05) is 38.2 Å². The van der Waals surface area contributed by atoms with Crippen LogP contribution in [-0.4, -0.2) is 64.4 Å². The van der Waals surface area contributed by atoms with Gasteiger partial charge in [0.05, 0.1) is 30.5 Å². The molecule has 0 saturated carbocycles. The summed E-state index contributed by atoms with van der Waals surface area (Å²) in [5.74, 6) is -0.103. The fraction of sp³-hybridized carbons (Fsp3) is 0.421. The number of carbonyl (C=O) groups is 2. The molecule has 0 unspecified atom stereocenters. The zero-order valence-corrected chi connectivity index (χ0v) is 16.4. The molecule has 0 aliphatic carbocycles. The fourth-order valence-electron chi connectivity index (χ4n) is 3.61. The molecule has 2 aliphatic rings. The molecule has 4 rings (SSSR count). The molecule has 9 heteroatoms. The van der Waals surface area contributed by atoms with Gasteiger partial charge in [-0.25, -0.2) is 4.79 Å². The normalized spacial score (nSPS) is 16.6. The predicted molar refractivity (Wildman–Crippen MR) is 105 cm³/mol. The van der Waals surface area contributed by atoms with Crippen LogP contribution in [0.5, 0.6) is 0 Å². The van der Waals surface area contributed by atoms with Crippen LogP contribution in [0, 0.1) is 0 Å². The summed E-state index contributed by atoms with van der Waals surface area (Å²) >= 11 is 6.14. The number of nitrogens with zero attached hydrogens (tertiary/aromatic N) is 4. The number of carbonyl (C=O) groups excluding carboxylic acids is 2. The van der Waals surface area contributed by atoms with E-state index >= 15 is 0 Å².